The third-order valence-electron chi connectivity index (χ3n) is 2.87. The number of nitrogens with zero attached hydrogens (tertiary/aromatic N) is 3. The summed E-state index contributed by atoms with van der Waals surface area (Å²) in [5, 5.41) is 12.4. The number of aromatic nitrogens is 2. The molecule has 2 heterocycles. The Morgan fingerprint density at radius 2 is 1.95 bits per heavy atom. The standard InChI is InChI=1S/C14H10ClN3O/c15-11-6-2-1-5-10(11)14-17-12(9-16-19)13-7-3-4-8-18(13)14/h1-9,19H. The van der Waals surface area contributed by atoms with Gasteiger partial charge >= 0.3 is 0 Å². The average molecular weight is 272 g/mol. The lowest BCUT2D eigenvalue weighted by Crippen LogP contribution is -1.88. The zero-order chi connectivity index (χ0) is 13.2. The van der Waals surface area contributed by atoms with Crippen molar-refractivity contribution in [2.75, 3.05) is 0 Å². The van der Waals surface area contributed by atoms with Crippen molar-refractivity contribution >= 4 is 23.3 Å². The molecule has 94 valence electrons. The summed E-state index contributed by atoms with van der Waals surface area (Å²) in [5.74, 6) is 0.719. The number of hydrogen-bond donors (Lipinski definition) is 1. The third-order valence-corrected chi connectivity index (χ3v) is 3.20. The van der Waals surface area contributed by atoms with E-state index in [2.05, 4.69) is 10.1 Å². The molecule has 0 saturated heterocycles. The van der Waals surface area contributed by atoms with Crippen molar-refractivity contribution in [2.45, 2.75) is 0 Å². The second-order valence-electron chi connectivity index (χ2n) is 4.00. The number of hydrogen-bond acceptors (Lipinski definition) is 3. The Labute approximate surface area is 114 Å². The van der Waals surface area contributed by atoms with Gasteiger partial charge in [0.25, 0.3) is 0 Å². The largest absolute Gasteiger partial charge is 0.411 e. The summed E-state index contributed by atoms with van der Waals surface area (Å²) in [7, 11) is 0. The van der Waals surface area contributed by atoms with E-state index in [-0.39, 0.29) is 0 Å². The van der Waals surface area contributed by atoms with Crippen LogP contribution in [0.2, 0.25) is 5.02 Å². The van der Waals surface area contributed by atoms with E-state index in [9.17, 15) is 0 Å². The predicted molar refractivity (Wildman–Crippen MR) is 75.0 cm³/mol. The Kier molecular flexibility index (Phi) is 2.93. The molecule has 0 fully saturated rings. The van der Waals surface area contributed by atoms with Gasteiger partial charge in [0.2, 0.25) is 0 Å². The lowest BCUT2D eigenvalue weighted by molar-refractivity contribution is 0.322. The highest BCUT2D eigenvalue weighted by Gasteiger charge is 2.13. The van der Waals surface area contributed by atoms with E-state index in [1.807, 2.05) is 53.1 Å². The topological polar surface area (TPSA) is 49.9 Å². The first-order valence-electron chi connectivity index (χ1n) is 5.70. The molecule has 3 rings (SSSR count). The van der Waals surface area contributed by atoms with Gasteiger partial charge in [0.15, 0.2) is 0 Å². The molecule has 0 radical (unpaired) electrons. The number of imidazole rings is 1. The van der Waals surface area contributed by atoms with Crippen LogP contribution in [0.1, 0.15) is 5.69 Å². The van der Waals surface area contributed by atoms with Gasteiger partial charge in [-0.25, -0.2) is 4.98 Å². The minimum Gasteiger partial charge on any atom is -0.411 e. The molecule has 19 heavy (non-hydrogen) atoms. The first-order valence-corrected chi connectivity index (χ1v) is 6.08. The minimum atomic E-state index is 0.595. The molecule has 0 amide bonds. The maximum atomic E-state index is 8.71. The molecule has 0 aliphatic heterocycles. The van der Waals surface area contributed by atoms with Gasteiger partial charge in [-0.2, -0.15) is 0 Å². The molecule has 0 aliphatic rings. The van der Waals surface area contributed by atoms with Gasteiger partial charge in [-0.15, -0.1) is 0 Å². The van der Waals surface area contributed by atoms with Crippen LogP contribution < -0.4 is 0 Å². The van der Waals surface area contributed by atoms with Crippen molar-refractivity contribution in [3.8, 4) is 11.4 Å². The number of halogens is 1. The first-order chi connectivity index (χ1) is 9.31. The summed E-state index contributed by atoms with van der Waals surface area (Å²) in [5.41, 5.74) is 2.29. The third kappa shape index (κ3) is 1.96. The minimum absolute atomic E-state index is 0.595. The van der Waals surface area contributed by atoms with Gasteiger partial charge in [0, 0.05) is 11.8 Å². The molecule has 2 aromatic heterocycles. The Morgan fingerprint density at radius 1 is 1.16 bits per heavy atom. The Balaban J connectivity index is 2.33. The molecule has 0 unspecified atom stereocenters. The highest BCUT2D eigenvalue weighted by molar-refractivity contribution is 6.33. The number of fused-ring (bicyclic) bond motifs is 1. The van der Waals surface area contributed by atoms with Crippen LogP contribution in [0.4, 0.5) is 0 Å². The highest BCUT2D eigenvalue weighted by Crippen LogP contribution is 2.28. The fourth-order valence-electron chi connectivity index (χ4n) is 2.04. The summed E-state index contributed by atoms with van der Waals surface area (Å²) in [4.78, 5) is 4.48. The molecular weight excluding hydrogens is 262 g/mol. The molecule has 0 saturated carbocycles. The molecule has 1 N–H and O–H groups in total. The van der Waals surface area contributed by atoms with Crippen LogP contribution in [0.3, 0.4) is 0 Å². The Hall–Kier alpha value is -2.33. The van der Waals surface area contributed by atoms with E-state index >= 15 is 0 Å². The maximum absolute atomic E-state index is 8.71. The van der Waals surface area contributed by atoms with Gasteiger partial charge in [-0.1, -0.05) is 35.0 Å². The molecule has 0 spiro atoms. The van der Waals surface area contributed by atoms with Gasteiger partial charge in [-0.3, -0.25) is 4.40 Å². The van der Waals surface area contributed by atoms with Crippen molar-refractivity contribution < 1.29 is 5.21 Å². The van der Waals surface area contributed by atoms with E-state index in [0.29, 0.717) is 10.7 Å². The van der Waals surface area contributed by atoms with Crippen molar-refractivity contribution in [3.63, 3.8) is 0 Å². The molecule has 4 nitrogen and oxygen atoms in total. The van der Waals surface area contributed by atoms with Crippen LogP contribution in [0.5, 0.6) is 0 Å². The Morgan fingerprint density at radius 3 is 2.74 bits per heavy atom. The molecule has 3 aromatic rings. The summed E-state index contributed by atoms with van der Waals surface area (Å²) in [6.45, 7) is 0. The zero-order valence-corrected chi connectivity index (χ0v) is 10.6. The lowest BCUT2D eigenvalue weighted by atomic mass is 10.2. The monoisotopic (exact) mass is 271 g/mol. The summed E-state index contributed by atoms with van der Waals surface area (Å²) in [6, 6.07) is 13.2. The van der Waals surface area contributed by atoms with Crippen LogP contribution in [0.25, 0.3) is 16.9 Å². The van der Waals surface area contributed by atoms with Gasteiger partial charge in [-0.05, 0) is 24.3 Å². The molecular formula is C14H10ClN3O. The molecule has 0 bridgehead atoms. The maximum Gasteiger partial charge on any atom is 0.146 e. The second-order valence-corrected chi connectivity index (χ2v) is 4.41. The zero-order valence-electron chi connectivity index (χ0n) is 9.86. The van der Waals surface area contributed by atoms with Crippen LogP contribution in [0, 0.1) is 0 Å². The predicted octanol–water partition coefficient (Wildman–Crippen LogP) is 3.46. The van der Waals surface area contributed by atoms with Crippen LogP contribution in [-0.2, 0) is 0 Å². The van der Waals surface area contributed by atoms with E-state index < -0.39 is 0 Å². The van der Waals surface area contributed by atoms with Crippen LogP contribution in [-0.4, -0.2) is 20.8 Å². The molecule has 5 heteroatoms. The average Bonchev–Trinajstić information content (AvgIpc) is 2.79. The summed E-state index contributed by atoms with van der Waals surface area (Å²) in [6.07, 6.45) is 3.21. The smallest absolute Gasteiger partial charge is 0.146 e. The quantitative estimate of drug-likeness (QED) is 0.441. The Bertz CT molecular complexity index is 764. The van der Waals surface area contributed by atoms with Crippen molar-refractivity contribution in [2.24, 2.45) is 5.16 Å². The van der Waals surface area contributed by atoms with Crippen LogP contribution >= 0.6 is 11.6 Å². The molecule has 1 aromatic carbocycles. The van der Waals surface area contributed by atoms with E-state index in [4.69, 9.17) is 16.8 Å². The van der Waals surface area contributed by atoms with Crippen LogP contribution in [0.15, 0.2) is 53.8 Å². The summed E-state index contributed by atoms with van der Waals surface area (Å²) >= 11 is 6.21. The fraction of sp³-hybridized carbons (Fsp3) is 0. The van der Waals surface area contributed by atoms with Crippen molar-refractivity contribution in [1.29, 1.82) is 0 Å². The van der Waals surface area contributed by atoms with Crippen molar-refractivity contribution in [1.82, 2.24) is 9.38 Å². The number of benzene rings is 1. The van der Waals surface area contributed by atoms with Gasteiger partial charge in [0.1, 0.15) is 11.5 Å². The van der Waals surface area contributed by atoms with E-state index in [0.717, 1.165) is 16.9 Å². The number of rotatable bonds is 2. The first kappa shape index (κ1) is 11.7. The van der Waals surface area contributed by atoms with Crippen molar-refractivity contribution in [3.05, 3.63) is 59.4 Å². The molecule has 0 atom stereocenters. The van der Waals surface area contributed by atoms with Gasteiger partial charge < -0.3 is 5.21 Å². The number of pyridine rings is 1. The fourth-order valence-corrected chi connectivity index (χ4v) is 2.26. The van der Waals surface area contributed by atoms with E-state index in [1.165, 1.54) is 6.21 Å². The normalized spacial score (nSPS) is 11.4. The lowest BCUT2D eigenvalue weighted by Gasteiger charge is -2.02. The molecule has 0 aliphatic carbocycles. The van der Waals surface area contributed by atoms with E-state index in [1.54, 1.807) is 0 Å². The second kappa shape index (κ2) is 4.74. The highest BCUT2D eigenvalue weighted by atomic mass is 35.5. The van der Waals surface area contributed by atoms with Gasteiger partial charge in [0.05, 0.1) is 16.8 Å². The SMILES string of the molecule is ON=Cc1nc(-c2ccccc2Cl)n2ccccc12. The number of oxime groups is 1. The summed E-state index contributed by atoms with van der Waals surface area (Å²) < 4.78 is 1.91.